The Balaban J connectivity index is 2.84. The zero-order valence-corrected chi connectivity index (χ0v) is 10.9. The maximum absolute atomic E-state index is 11.1. The van der Waals surface area contributed by atoms with Crippen LogP contribution >= 0.6 is 0 Å². The second-order valence-electron chi connectivity index (χ2n) is 3.91. The molecule has 0 fully saturated rings. The molecule has 3 N–H and O–H groups in total. The first-order valence-corrected chi connectivity index (χ1v) is 6.80. The van der Waals surface area contributed by atoms with Gasteiger partial charge in [-0.05, 0) is 20.8 Å². The van der Waals surface area contributed by atoms with E-state index >= 15 is 0 Å². The number of anilines is 2. The van der Waals surface area contributed by atoms with E-state index in [0.29, 0.717) is 17.4 Å². The highest BCUT2D eigenvalue weighted by atomic mass is 32.2. The summed E-state index contributed by atoms with van der Waals surface area (Å²) in [5.41, 5.74) is 6.58. The average molecular weight is 242 g/mol. The van der Waals surface area contributed by atoms with Crippen molar-refractivity contribution in [2.45, 2.75) is 26.8 Å². The van der Waals surface area contributed by atoms with Crippen LogP contribution in [0, 0.1) is 13.8 Å². The molecular formula is C10H18N4OS. The van der Waals surface area contributed by atoms with E-state index in [0.717, 1.165) is 11.4 Å². The van der Waals surface area contributed by atoms with E-state index in [2.05, 4.69) is 15.3 Å². The zero-order valence-electron chi connectivity index (χ0n) is 10.1. The van der Waals surface area contributed by atoms with Gasteiger partial charge in [0, 0.05) is 34.4 Å². The first-order chi connectivity index (χ1) is 7.40. The van der Waals surface area contributed by atoms with E-state index in [-0.39, 0.29) is 6.04 Å². The van der Waals surface area contributed by atoms with E-state index in [1.165, 1.54) is 0 Å². The SMILES string of the molecule is Cc1nc(N)c(C)c(NC(C)CS(C)=O)n1. The summed E-state index contributed by atoms with van der Waals surface area (Å²) in [6.07, 6.45) is 1.69. The second kappa shape index (κ2) is 5.25. The van der Waals surface area contributed by atoms with Crippen LogP contribution in [0.4, 0.5) is 11.6 Å². The Morgan fingerprint density at radius 1 is 1.44 bits per heavy atom. The van der Waals surface area contributed by atoms with Crippen molar-refractivity contribution in [2.75, 3.05) is 23.1 Å². The van der Waals surface area contributed by atoms with Crippen LogP contribution in [-0.2, 0) is 10.8 Å². The molecule has 0 saturated heterocycles. The van der Waals surface area contributed by atoms with Crippen LogP contribution < -0.4 is 11.1 Å². The molecule has 1 heterocycles. The standard InChI is InChI=1S/C10H18N4OS/c1-6(5-16(4)15)12-10-7(2)9(11)13-8(3)14-10/h6H,5H2,1-4H3,(H3,11,12,13,14). The van der Waals surface area contributed by atoms with Gasteiger partial charge < -0.3 is 11.1 Å². The summed E-state index contributed by atoms with van der Waals surface area (Å²) in [5.74, 6) is 2.43. The van der Waals surface area contributed by atoms with E-state index in [1.807, 2.05) is 13.8 Å². The molecule has 90 valence electrons. The Labute approximate surface area is 98.3 Å². The van der Waals surface area contributed by atoms with Gasteiger partial charge >= 0.3 is 0 Å². The summed E-state index contributed by atoms with van der Waals surface area (Å²) >= 11 is 0. The topological polar surface area (TPSA) is 80.9 Å². The van der Waals surface area contributed by atoms with Crippen LogP contribution in [0.2, 0.25) is 0 Å². The molecule has 0 aromatic carbocycles. The maximum atomic E-state index is 11.1. The predicted octanol–water partition coefficient (Wildman–Crippen LogP) is 0.855. The molecule has 0 aliphatic heterocycles. The number of hydrogen-bond donors (Lipinski definition) is 2. The minimum Gasteiger partial charge on any atom is -0.383 e. The molecule has 0 bridgehead atoms. The number of nitrogens with two attached hydrogens (primary N) is 1. The van der Waals surface area contributed by atoms with Crippen LogP contribution in [0.3, 0.4) is 0 Å². The lowest BCUT2D eigenvalue weighted by molar-refractivity contribution is 0.682. The molecular weight excluding hydrogens is 224 g/mol. The van der Waals surface area contributed by atoms with Gasteiger partial charge in [0.2, 0.25) is 0 Å². The van der Waals surface area contributed by atoms with Crippen molar-refractivity contribution in [2.24, 2.45) is 0 Å². The first kappa shape index (κ1) is 12.9. The molecule has 0 spiro atoms. The molecule has 5 nitrogen and oxygen atoms in total. The van der Waals surface area contributed by atoms with Crippen LogP contribution in [0.15, 0.2) is 0 Å². The molecule has 16 heavy (non-hydrogen) atoms. The lowest BCUT2D eigenvalue weighted by Crippen LogP contribution is -2.24. The van der Waals surface area contributed by atoms with Gasteiger partial charge in [-0.3, -0.25) is 4.21 Å². The lowest BCUT2D eigenvalue weighted by atomic mass is 10.3. The largest absolute Gasteiger partial charge is 0.383 e. The van der Waals surface area contributed by atoms with Crippen LogP contribution in [0.1, 0.15) is 18.3 Å². The highest BCUT2D eigenvalue weighted by Gasteiger charge is 2.10. The van der Waals surface area contributed by atoms with Crippen molar-refractivity contribution in [3.05, 3.63) is 11.4 Å². The number of nitrogens with one attached hydrogen (secondary N) is 1. The molecule has 0 aliphatic carbocycles. The van der Waals surface area contributed by atoms with Crippen molar-refractivity contribution in [3.63, 3.8) is 0 Å². The third kappa shape index (κ3) is 3.44. The molecule has 2 unspecified atom stereocenters. The number of aryl methyl sites for hydroxylation is 1. The van der Waals surface area contributed by atoms with Crippen molar-refractivity contribution >= 4 is 22.4 Å². The minimum absolute atomic E-state index is 0.0956. The second-order valence-corrected chi connectivity index (χ2v) is 5.39. The Kier molecular flexibility index (Phi) is 4.23. The van der Waals surface area contributed by atoms with Gasteiger partial charge in [0.1, 0.15) is 17.5 Å². The van der Waals surface area contributed by atoms with Gasteiger partial charge in [0.25, 0.3) is 0 Å². The minimum atomic E-state index is -0.824. The van der Waals surface area contributed by atoms with Crippen LogP contribution in [-0.4, -0.2) is 32.2 Å². The number of nitrogen functional groups attached to an aromatic ring is 1. The summed E-state index contributed by atoms with van der Waals surface area (Å²) in [7, 11) is -0.824. The fourth-order valence-electron chi connectivity index (χ4n) is 1.42. The van der Waals surface area contributed by atoms with Gasteiger partial charge in [0.05, 0.1) is 0 Å². The van der Waals surface area contributed by atoms with E-state index < -0.39 is 10.8 Å². The van der Waals surface area contributed by atoms with E-state index in [4.69, 9.17) is 5.73 Å². The Bertz CT molecular complexity index is 408. The van der Waals surface area contributed by atoms with Gasteiger partial charge in [-0.15, -0.1) is 0 Å². The third-order valence-corrected chi connectivity index (χ3v) is 3.13. The monoisotopic (exact) mass is 242 g/mol. The zero-order chi connectivity index (χ0) is 12.3. The summed E-state index contributed by atoms with van der Waals surface area (Å²) in [5, 5.41) is 3.20. The quantitative estimate of drug-likeness (QED) is 0.818. The normalized spacial score (nSPS) is 14.5. The first-order valence-electron chi connectivity index (χ1n) is 5.07. The number of hydrogen-bond acceptors (Lipinski definition) is 5. The molecule has 0 radical (unpaired) electrons. The number of nitrogens with zero attached hydrogens (tertiary/aromatic N) is 2. The Morgan fingerprint density at radius 3 is 2.62 bits per heavy atom. The molecule has 0 aliphatic rings. The lowest BCUT2D eigenvalue weighted by Gasteiger charge is -2.16. The van der Waals surface area contributed by atoms with Crippen molar-refractivity contribution in [1.82, 2.24) is 9.97 Å². The molecule has 2 atom stereocenters. The average Bonchev–Trinajstić information content (AvgIpc) is 2.11. The molecule has 1 aromatic heterocycles. The van der Waals surface area contributed by atoms with Gasteiger partial charge in [0.15, 0.2) is 0 Å². The molecule has 6 heteroatoms. The fraction of sp³-hybridized carbons (Fsp3) is 0.600. The van der Waals surface area contributed by atoms with E-state index in [9.17, 15) is 4.21 Å². The molecule has 0 saturated carbocycles. The number of aromatic nitrogens is 2. The Morgan fingerprint density at radius 2 is 2.06 bits per heavy atom. The smallest absolute Gasteiger partial charge is 0.134 e. The summed E-state index contributed by atoms with van der Waals surface area (Å²) in [4.78, 5) is 8.35. The van der Waals surface area contributed by atoms with Gasteiger partial charge in [-0.25, -0.2) is 9.97 Å². The van der Waals surface area contributed by atoms with Crippen molar-refractivity contribution < 1.29 is 4.21 Å². The van der Waals surface area contributed by atoms with Gasteiger partial charge in [-0.2, -0.15) is 0 Å². The summed E-state index contributed by atoms with van der Waals surface area (Å²) < 4.78 is 11.1. The maximum Gasteiger partial charge on any atom is 0.134 e. The molecule has 1 aromatic rings. The highest BCUT2D eigenvalue weighted by molar-refractivity contribution is 7.84. The summed E-state index contributed by atoms with van der Waals surface area (Å²) in [6.45, 7) is 5.63. The van der Waals surface area contributed by atoms with Crippen LogP contribution in [0.25, 0.3) is 0 Å². The molecule has 1 rings (SSSR count). The van der Waals surface area contributed by atoms with Crippen molar-refractivity contribution in [3.8, 4) is 0 Å². The Hall–Kier alpha value is -1.17. The fourth-order valence-corrected chi connectivity index (χ4v) is 2.21. The number of rotatable bonds is 4. The third-order valence-electron chi connectivity index (χ3n) is 2.16. The van der Waals surface area contributed by atoms with Crippen molar-refractivity contribution in [1.29, 1.82) is 0 Å². The summed E-state index contributed by atoms with van der Waals surface area (Å²) in [6, 6.07) is 0.0956. The predicted molar refractivity (Wildman–Crippen MR) is 67.9 cm³/mol. The van der Waals surface area contributed by atoms with Gasteiger partial charge in [-0.1, -0.05) is 0 Å². The van der Waals surface area contributed by atoms with Crippen LogP contribution in [0.5, 0.6) is 0 Å². The highest BCUT2D eigenvalue weighted by Crippen LogP contribution is 2.17. The molecule has 0 amide bonds. The van der Waals surface area contributed by atoms with E-state index in [1.54, 1.807) is 13.2 Å².